The van der Waals surface area contributed by atoms with Crippen LogP contribution in [-0.2, 0) is 15.0 Å². The SMILES string of the molecule is CCOc1ccc(/C(O)=C2/C(=O)C(=O)N(c3ccc(F)c(F)c3)C2c2ccc(N(C)C)cc2)cc1C(C)(C)C. The van der Waals surface area contributed by atoms with E-state index in [1.165, 1.54) is 6.07 Å². The molecule has 1 fully saturated rings. The van der Waals surface area contributed by atoms with Crippen molar-refractivity contribution in [3.8, 4) is 5.75 Å². The maximum Gasteiger partial charge on any atom is 0.300 e. The van der Waals surface area contributed by atoms with Crippen LogP contribution in [0, 0.1) is 11.6 Å². The zero-order valence-corrected chi connectivity index (χ0v) is 22.9. The topological polar surface area (TPSA) is 70.1 Å². The van der Waals surface area contributed by atoms with Crippen molar-refractivity contribution in [2.75, 3.05) is 30.5 Å². The summed E-state index contributed by atoms with van der Waals surface area (Å²) < 4.78 is 33.7. The van der Waals surface area contributed by atoms with E-state index in [-0.39, 0.29) is 22.4 Å². The van der Waals surface area contributed by atoms with Gasteiger partial charge in [-0.3, -0.25) is 14.5 Å². The van der Waals surface area contributed by atoms with Crippen LogP contribution in [0.1, 0.15) is 50.4 Å². The number of ketones is 1. The van der Waals surface area contributed by atoms with Crippen molar-refractivity contribution in [2.24, 2.45) is 0 Å². The lowest BCUT2D eigenvalue weighted by Gasteiger charge is -2.26. The van der Waals surface area contributed by atoms with Crippen molar-refractivity contribution < 1.29 is 28.2 Å². The van der Waals surface area contributed by atoms with Gasteiger partial charge in [-0.15, -0.1) is 0 Å². The second-order valence-corrected chi connectivity index (χ2v) is 10.6. The van der Waals surface area contributed by atoms with Gasteiger partial charge in [0.1, 0.15) is 11.5 Å². The number of carbonyl (C=O) groups is 2. The Labute approximate surface area is 227 Å². The fraction of sp³-hybridized carbons (Fsp3) is 0.290. The summed E-state index contributed by atoms with van der Waals surface area (Å²) in [7, 11) is 3.75. The van der Waals surface area contributed by atoms with Gasteiger partial charge >= 0.3 is 0 Å². The van der Waals surface area contributed by atoms with Crippen molar-refractivity contribution in [3.63, 3.8) is 0 Å². The molecule has 39 heavy (non-hydrogen) atoms. The van der Waals surface area contributed by atoms with E-state index < -0.39 is 29.4 Å². The van der Waals surface area contributed by atoms with Crippen LogP contribution < -0.4 is 14.5 Å². The second kappa shape index (κ2) is 10.5. The Morgan fingerprint density at radius 3 is 2.21 bits per heavy atom. The van der Waals surface area contributed by atoms with Crippen molar-refractivity contribution in [1.82, 2.24) is 0 Å². The summed E-state index contributed by atoms with van der Waals surface area (Å²) in [5, 5.41) is 11.6. The summed E-state index contributed by atoms with van der Waals surface area (Å²) in [6, 6.07) is 14.2. The Kier molecular flexibility index (Phi) is 7.50. The van der Waals surface area contributed by atoms with Crippen LogP contribution in [0.5, 0.6) is 5.75 Å². The van der Waals surface area contributed by atoms with Gasteiger partial charge in [0.15, 0.2) is 11.6 Å². The maximum atomic E-state index is 14.2. The van der Waals surface area contributed by atoms with Gasteiger partial charge in [0.05, 0.1) is 18.2 Å². The first-order chi connectivity index (χ1) is 18.3. The van der Waals surface area contributed by atoms with Gasteiger partial charge in [-0.2, -0.15) is 0 Å². The van der Waals surface area contributed by atoms with E-state index >= 15 is 0 Å². The number of benzene rings is 3. The molecule has 1 atom stereocenters. The minimum atomic E-state index is -1.16. The molecule has 4 rings (SSSR count). The number of halogens is 2. The zero-order valence-electron chi connectivity index (χ0n) is 22.9. The molecule has 0 aliphatic carbocycles. The third-order valence-corrected chi connectivity index (χ3v) is 6.71. The minimum Gasteiger partial charge on any atom is -0.507 e. The number of rotatable bonds is 6. The first-order valence-electron chi connectivity index (χ1n) is 12.7. The Morgan fingerprint density at radius 2 is 1.64 bits per heavy atom. The van der Waals surface area contributed by atoms with Gasteiger partial charge in [-0.25, -0.2) is 8.78 Å². The Morgan fingerprint density at radius 1 is 0.974 bits per heavy atom. The molecule has 8 heteroatoms. The van der Waals surface area contributed by atoms with Gasteiger partial charge in [-0.05, 0) is 60.4 Å². The lowest BCUT2D eigenvalue weighted by atomic mass is 9.84. The normalized spacial score (nSPS) is 17.0. The number of carbonyl (C=O) groups excluding carboxylic acids is 2. The molecule has 6 nitrogen and oxygen atoms in total. The average Bonchev–Trinajstić information content (AvgIpc) is 3.15. The van der Waals surface area contributed by atoms with Crippen molar-refractivity contribution in [1.29, 1.82) is 0 Å². The fourth-order valence-electron chi connectivity index (χ4n) is 4.70. The number of ether oxygens (including phenoxy) is 1. The van der Waals surface area contributed by atoms with Crippen LogP contribution in [-0.4, -0.2) is 37.5 Å². The second-order valence-electron chi connectivity index (χ2n) is 10.6. The van der Waals surface area contributed by atoms with Crippen LogP contribution in [0.15, 0.2) is 66.2 Å². The predicted molar refractivity (Wildman–Crippen MR) is 148 cm³/mol. The Balaban J connectivity index is 1.95. The standard InChI is InChI=1S/C31H32F2N2O4/c1-7-39-25-15-10-19(16-22(25)31(2,3)4)28(36)26-27(18-8-11-20(12-9-18)34(5)6)35(30(38)29(26)37)21-13-14-23(32)24(33)17-21/h8-17,27,36H,7H2,1-6H3/b28-26-. The zero-order chi connectivity index (χ0) is 28.6. The van der Waals surface area contributed by atoms with E-state index in [1.807, 2.05) is 58.8 Å². The lowest BCUT2D eigenvalue weighted by Crippen LogP contribution is -2.29. The van der Waals surface area contributed by atoms with Crippen LogP contribution in [0.2, 0.25) is 0 Å². The van der Waals surface area contributed by atoms with Crippen LogP contribution >= 0.6 is 0 Å². The number of hydrogen-bond donors (Lipinski definition) is 1. The van der Waals surface area contributed by atoms with Gasteiger partial charge in [0, 0.05) is 42.7 Å². The van der Waals surface area contributed by atoms with Crippen LogP contribution in [0.3, 0.4) is 0 Å². The quantitative estimate of drug-likeness (QED) is 0.227. The highest BCUT2D eigenvalue weighted by atomic mass is 19.2. The molecule has 1 N–H and O–H groups in total. The summed E-state index contributed by atoms with van der Waals surface area (Å²) in [4.78, 5) is 29.8. The highest BCUT2D eigenvalue weighted by Gasteiger charge is 2.47. The number of aliphatic hydroxyl groups excluding tert-OH is 1. The number of aliphatic hydroxyl groups is 1. The number of Topliss-reactive ketones (excluding diaryl/α,β-unsaturated/α-hetero) is 1. The highest BCUT2D eigenvalue weighted by Crippen LogP contribution is 2.43. The molecule has 1 unspecified atom stereocenters. The van der Waals surface area contributed by atoms with Gasteiger partial charge in [0.25, 0.3) is 11.7 Å². The van der Waals surface area contributed by atoms with Crippen LogP contribution in [0.25, 0.3) is 5.76 Å². The number of nitrogens with zero attached hydrogens (tertiary/aromatic N) is 2. The number of hydrogen-bond acceptors (Lipinski definition) is 5. The average molecular weight is 535 g/mol. The van der Waals surface area contributed by atoms with Crippen molar-refractivity contribution >= 4 is 28.8 Å². The fourth-order valence-corrected chi connectivity index (χ4v) is 4.70. The Bertz CT molecular complexity index is 1460. The van der Waals surface area contributed by atoms with Gasteiger partial charge < -0.3 is 14.7 Å². The minimum absolute atomic E-state index is 0.00110. The smallest absolute Gasteiger partial charge is 0.300 e. The molecule has 3 aromatic rings. The third kappa shape index (κ3) is 5.24. The van der Waals surface area contributed by atoms with Crippen molar-refractivity contribution in [3.05, 3.63) is 94.6 Å². The first kappa shape index (κ1) is 27.8. The predicted octanol–water partition coefficient (Wildman–Crippen LogP) is 6.35. The lowest BCUT2D eigenvalue weighted by molar-refractivity contribution is -0.132. The molecule has 1 aliphatic rings. The summed E-state index contributed by atoms with van der Waals surface area (Å²) in [6.45, 7) is 8.34. The number of anilines is 2. The van der Waals surface area contributed by atoms with E-state index in [2.05, 4.69) is 0 Å². The largest absolute Gasteiger partial charge is 0.507 e. The molecule has 0 radical (unpaired) electrons. The van der Waals surface area contributed by atoms with Gasteiger partial charge in [0.2, 0.25) is 0 Å². The molecule has 1 heterocycles. The van der Waals surface area contributed by atoms with E-state index in [0.717, 1.165) is 28.3 Å². The first-order valence-corrected chi connectivity index (χ1v) is 12.7. The molecular weight excluding hydrogens is 502 g/mol. The van der Waals surface area contributed by atoms with E-state index in [9.17, 15) is 23.5 Å². The summed E-state index contributed by atoms with van der Waals surface area (Å²) in [5.41, 5.74) is 2.06. The maximum absolute atomic E-state index is 14.2. The molecule has 1 aliphatic heterocycles. The molecule has 1 amide bonds. The molecule has 204 valence electrons. The highest BCUT2D eigenvalue weighted by molar-refractivity contribution is 6.51. The van der Waals surface area contributed by atoms with Crippen molar-refractivity contribution in [2.45, 2.75) is 39.2 Å². The monoisotopic (exact) mass is 534 g/mol. The molecule has 0 saturated carbocycles. The molecule has 0 spiro atoms. The van der Waals surface area contributed by atoms with Crippen LogP contribution in [0.4, 0.5) is 20.2 Å². The van der Waals surface area contributed by atoms with E-state index in [0.29, 0.717) is 23.5 Å². The number of amides is 1. The Hall–Kier alpha value is -4.20. The molecular formula is C31H32F2N2O4. The molecule has 1 saturated heterocycles. The van der Waals surface area contributed by atoms with E-state index in [1.54, 1.807) is 30.3 Å². The van der Waals surface area contributed by atoms with Gasteiger partial charge in [-0.1, -0.05) is 32.9 Å². The summed E-state index contributed by atoms with van der Waals surface area (Å²) >= 11 is 0. The molecule has 3 aromatic carbocycles. The summed E-state index contributed by atoms with van der Waals surface area (Å²) in [6.07, 6.45) is 0. The third-order valence-electron chi connectivity index (χ3n) is 6.71. The summed E-state index contributed by atoms with van der Waals surface area (Å²) in [5.74, 6) is -3.83. The van der Waals surface area contributed by atoms with E-state index in [4.69, 9.17) is 4.74 Å². The molecule has 0 aromatic heterocycles. The molecule has 0 bridgehead atoms.